The van der Waals surface area contributed by atoms with Crippen molar-refractivity contribution >= 4 is 28.0 Å². The molecule has 1 amide bonds. The topological polar surface area (TPSA) is 90.6 Å². The highest BCUT2D eigenvalue weighted by Crippen LogP contribution is 2.29. The zero-order valence-corrected chi connectivity index (χ0v) is 12.6. The second-order valence-corrected chi connectivity index (χ2v) is 5.85. The predicted octanol–water partition coefficient (Wildman–Crippen LogP) is 1.99. The van der Waals surface area contributed by atoms with Gasteiger partial charge in [0.05, 0.1) is 41.3 Å². The van der Waals surface area contributed by atoms with Crippen LogP contribution in [0.3, 0.4) is 0 Å². The lowest BCUT2D eigenvalue weighted by Crippen LogP contribution is -2.40. The Morgan fingerprint density at radius 1 is 1.43 bits per heavy atom. The van der Waals surface area contributed by atoms with Crippen LogP contribution in [0.25, 0.3) is 22.1 Å². The molecule has 1 unspecified atom stereocenters. The van der Waals surface area contributed by atoms with Crippen molar-refractivity contribution in [1.29, 1.82) is 5.26 Å². The fraction of sp³-hybridized carbons (Fsp3) is 0.375. The number of nitriles is 1. The SMILES string of the molecule is N#CCC(=O)N1CCCC(n2cnc3ccc4[nH]cnc4c32)C1. The molecule has 1 atom stereocenters. The largest absolute Gasteiger partial charge is 0.345 e. The van der Waals surface area contributed by atoms with E-state index in [1.54, 1.807) is 11.2 Å². The number of aromatic amines is 1. The Bertz CT molecular complexity index is 918. The maximum absolute atomic E-state index is 12.0. The van der Waals surface area contributed by atoms with Crippen molar-refractivity contribution < 1.29 is 4.79 Å². The maximum Gasteiger partial charge on any atom is 0.236 e. The van der Waals surface area contributed by atoms with Crippen LogP contribution < -0.4 is 0 Å². The molecule has 116 valence electrons. The lowest BCUT2D eigenvalue weighted by Gasteiger charge is -2.33. The standard InChI is InChI=1S/C16H16N6O/c17-6-5-14(23)21-7-1-2-11(8-21)22-10-20-13-4-3-12-15(16(13)22)19-9-18-12/h3-4,9-11H,1-2,5,7-8H2,(H,18,19). The van der Waals surface area contributed by atoms with E-state index < -0.39 is 0 Å². The molecule has 7 nitrogen and oxygen atoms in total. The number of benzene rings is 1. The average Bonchev–Trinajstić information content (AvgIpc) is 3.21. The van der Waals surface area contributed by atoms with Crippen LogP contribution >= 0.6 is 0 Å². The fourth-order valence-corrected chi connectivity index (χ4v) is 3.39. The lowest BCUT2D eigenvalue weighted by atomic mass is 10.0. The first-order chi connectivity index (χ1) is 11.3. The molecule has 23 heavy (non-hydrogen) atoms. The average molecular weight is 308 g/mol. The lowest BCUT2D eigenvalue weighted by molar-refractivity contribution is -0.131. The molecule has 0 aliphatic carbocycles. The summed E-state index contributed by atoms with van der Waals surface area (Å²) < 4.78 is 2.13. The Labute approximate surface area is 132 Å². The van der Waals surface area contributed by atoms with Crippen LogP contribution in [-0.4, -0.2) is 43.4 Å². The van der Waals surface area contributed by atoms with Gasteiger partial charge in [0, 0.05) is 13.1 Å². The van der Waals surface area contributed by atoms with E-state index in [2.05, 4.69) is 19.5 Å². The zero-order chi connectivity index (χ0) is 15.8. The molecule has 4 rings (SSSR count). The second kappa shape index (κ2) is 5.39. The number of fused-ring (bicyclic) bond motifs is 3. The Morgan fingerprint density at radius 2 is 2.35 bits per heavy atom. The Balaban J connectivity index is 1.72. The first-order valence-corrected chi connectivity index (χ1v) is 7.71. The van der Waals surface area contributed by atoms with E-state index in [4.69, 9.17) is 5.26 Å². The van der Waals surface area contributed by atoms with Gasteiger partial charge >= 0.3 is 0 Å². The number of nitrogens with zero attached hydrogens (tertiary/aromatic N) is 5. The van der Waals surface area contributed by atoms with Crippen molar-refractivity contribution in [2.45, 2.75) is 25.3 Å². The number of hydrogen-bond donors (Lipinski definition) is 1. The van der Waals surface area contributed by atoms with Gasteiger partial charge in [0.2, 0.25) is 5.91 Å². The molecule has 0 bridgehead atoms. The number of aromatic nitrogens is 4. The fourth-order valence-electron chi connectivity index (χ4n) is 3.39. The van der Waals surface area contributed by atoms with Gasteiger partial charge in [-0.3, -0.25) is 4.79 Å². The highest BCUT2D eigenvalue weighted by atomic mass is 16.2. The van der Waals surface area contributed by atoms with Gasteiger partial charge in [0.15, 0.2) is 0 Å². The first kappa shape index (κ1) is 13.8. The molecule has 1 aliphatic rings. The molecular formula is C16H16N6O. The summed E-state index contributed by atoms with van der Waals surface area (Å²) in [6, 6.07) is 6.06. The van der Waals surface area contributed by atoms with E-state index in [1.165, 1.54) is 0 Å². The molecule has 0 radical (unpaired) electrons. The summed E-state index contributed by atoms with van der Waals surface area (Å²) in [4.78, 5) is 25.8. The third kappa shape index (κ3) is 2.23. The monoisotopic (exact) mass is 308 g/mol. The van der Waals surface area contributed by atoms with Gasteiger partial charge in [-0.25, -0.2) is 9.97 Å². The maximum atomic E-state index is 12.0. The van der Waals surface area contributed by atoms with E-state index in [0.29, 0.717) is 6.54 Å². The van der Waals surface area contributed by atoms with E-state index >= 15 is 0 Å². The van der Waals surface area contributed by atoms with Crippen LogP contribution in [0.4, 0.5) is 0 Å². The molecule has 2 aromatic heterocycles. The van der Waals surface area contributed by atoms with Gasteiger partial charge in [-0.05, 0) is 25.0 Å². The summed E-state index contributed by atoms with van der Waals surface area (Å²) >= 11 is 0. The van der Waals surface area contributed by atoms with Crippen molar-refractivity contribution in [2.24, 2.45) is 0 Å². The number of piperidine rings is 1. The normalized spacial score (nSPS) is 18.4. The minimum Gasteiger partial charge on any atom is -0.345 e. The van der Waals surface area contributed by atoms with E-state index in [1.807, 2.05) is 24.5 Å². The van der Waals surface area contributed by atoms with Crippen molar-refractivity contribution in [2.75, 3.05) is 13.1 Å². The van der Waals surface area contributed by atoms with E-state index in [0.717, 1.165) is 41.5 Å². The number of rotatable bonds is 2. The van der Waals surface area contributed by atoms with Crippen LogP contribution in [0, 0.1) is 11.3 Å². The number of carbonyl (C=O) groups excluding carboxylic acids is 1. The zero-order valence-electron chi connectivity index (χ0n) is 12.6. The summed E-state index contributed by atoms with van der Waals surface area (Å²) in [5.74, 6) is -0.0912. The third-order valence-corrected chi connectivity index (χ3v) is 4.50. The molecular weight excluding hydrogens is 292 g/mol. The van der Waals surface area contributed by atoms with Crippen LogP contribution in [0.1, 0.15) is 25.3 Å². The van der Waals surface area contributed by atoms with E-state index in [-0.39, 0.29) is 18.4 Å². The Hall–Kier alpha value is -2.88. The summed E-state index contributed by atoms with van der Waals surface area (Å²) in [6.45, 7) is 1.34. The van der Waals surface area contributed by atoms with Crippen molar-refractivity contribution in [3.63, 3.8) is 0 Å². The minimum absolute atomic E-state index is 0.0546. The highest BCUT2D eigenvalue weighted by molar-refractivity contribution is 6.00. The van der Waals surface area contributed by atoms with Crippen LogP contribution in [0.15, 0.2) is 24.8 Å². The first-order valence-electron chi connectivity index (χ1n) is 7.71. The molecule has 1 fully saturated rings. The number of amides is 1. The summed E-state index contributed by atoms with van der Waals surface area (Å²) in [5, 5.41) is 8.73. The van der Waals surface area contributed by atoms with Gasteiger partial charge in [-0.15, -0.1) is 0 Å². The smallest absolute Gasteiger partial charge is 0.236 e. The molecule has 1 aliphatic heterocycles. The van der Waals surface area contributed by atoms with Crippen molar-refractivity contribution in [1.82, 2.24) is 24.4 Å². The molecule has 1 aromatic carbocycles. The van der Waals surface area contributed by atoms with Gasteiger partial charge in [-0.2, -0.15) is 5.26 Å². The van der Waals surface area contributed by atoms with Crippen LogP contribution in [0.5, 0.6) is 0 Å². The van der Waals surface area contributed by atoms with Crippen LogP contribution in [0.2, 0.25) is 0 Å². The van der Waals surface area contributed by atoms with Gasteiger partial charge in [0.1, 0.15) is 11.9 Å². The summed E-state index contributed by atoms with van der Waals surface area (Å²) in [7, 11) is 0. The third-order valence-electron chi connectivity index (χ3n) is 4.50. The van der Waals surface area contributed by atoms with Crippen LogP contribution in [-0.2, 0) is 4.79 Å². The van der Waals surface area contributed by atoms with Crippen molar-refractivity contribution in [3.05, 3.63) is 24.8 Å². The van der Waals surface area contributed by atoms with Gasteiger partial charge in [-0.1, -0.05) is 0 Å². The number of nitrogens with one attached hydrogen (secondary N) is 1. The number of carbonyl (C=O) groups is 1. The molecule has 0 saturated carbocycles. The Kier molecular flexibility index (Phi) is 3.23. The highest BCUT2D eigenvalue weighted by Gasteiger charge is 2.26. The number of likely N-dealkylation sites (tertiary alicyclic amines) is 1. The molecule has 1 N–H and O–H groups in total. The second-order valence-electron chi connectivity index (χ2n) is 5.85. The molecule has 7 heteroatoms. The van der Waals surface area contributed by atoms with Gasteiger partial charge in [0.25, 0.3) is 0 Å². The van der Waals surface area contributed by atoms with Gasteiger partial charge < -0.3 is 14.5 Å². The van der Waals surface area contributed by atoms with Crippen molar-refractivity contribution in [3.8, 4) is 6.07 Å². The number of H-pyrrole nitrogens is 1. The minimum atomic E-state index is -0.0912. The number of imidazole rings is 2. The summed E-state index contributed by atoms with van der Waals surface area (Å²) in [5.41, 5.74) is 3.79. The molecule has 3 aromatic rings. The quantitative estimate of drug-likeness (QED) is 0.784. The molecule has 3 heterocycles. The summed E-state index contributed by atoms with van der Waals surface area (Å²) in [6.07, 6.45) is 5.38. The molecule has 1 saturated heterocycles. The predicted molar refractivity (Wildman–Crippen MR) is 84.5 cm³/mol. The van der Waals surface area contributed by atoms with E-state index in [9.17, 15) is 4.79 Å². The molecule has 0 spiro atoms. The number of hydrogen-bond acceptors (Lipinski definition) is 4. The Morgan fingerprint density at radius 3 is 3.22 bits per heavy atom.